The quantitative estimate of drug-likeness (QED) is 0.426. The number of esters is 2. The molecule has 29 heavy (non-hydrogen) atoms. The lowest BCUT2D eigenvalue weighted by molar-refractivity contribution is -0.385. The Morgan fingerprint density at radius 3 is 2.62 bits per heavy atom. The number of nitro groups is 1. The van der Waals surface area contributed by atoms with E-state index in [1.54, 1.807) is 19.1 Å². The number of nitrogens with zero attached hydrogens (tertiary/aromatic N) is 2. The van der Waals surface area contributed by atoms with Gasteiger partial charge < -0.3 is 14.4 Å². The molecule has 0 radical (unpaired) electrons. The molecular formula is C21H22N2O6. The third kappa shape index (κ3) is 3.65. The van der Waals surface area contributed by atoms with Crippen LogP contribution in [0.3, 0.4) is 0 Å². The molecule has 0 bridgehead atoms. The Balaban J connectivity index is 1.87. The molecule has 1 aliphatic carbocycles. The van der Waals surface area contributed by atoms with E-state index in [-0.39, 0.29) is 41.1 Å². The van der Waals surface area contributed by atoms with Gasteiger partial charge in [0.05, 0.1) is 28.7 Å². The molecule has 152 valence electrons. The van der Waals surface area contributed by atoms with Crippen LogP contribution in [0.2, 0.25) is 0 Å². The van der Waals surface area contributed by atoms with E-state index in [1.165, 1.54) is 25.1 Å². The highest BCUT2D eigenvalue weighted by Gasteiger charge is 2.40. The van der Waals surface area contributed by atoms with E-state index in [4.69, 9.17) is 9.47 Å². The van der Waals surface area contributed by atoms with Crippen molar-refractivity contribution in [3.8, 4) is 0 Å². The second-order valence-corrected chi connectivity index (χ2v) is 6.87. The smallest absolute Gasteiger partial charge is 0.344 e. The van der Waals surface area contributed by atoms with Crippen LogP contribution >= 0.6 is 0 Å². The molecule has 3 rings (SSSR count). The highest BCUT2D eigenvalue weighted by atomic mass is 16.6. The zero-order chi connectivity index (χ0) is 21.3. The molecule has 8 heteroatoms. The minimum Gasteiger partial charge on any atom is -0.463 e. The average Bonchev–Trinajstić information content (AvgIpc) is 2.92. The van der Waals surface area contributed by atoms with Crippen molar-refractivity contribution >= 4 is 17.6 Å². The summed E-state index contributed by atoms with van der Waals surface area (Å²) < 4.78 is 10.7. The summed E-state index contributed by atoms with van der Waals surface area (Å²) in [6.07, 6.45) is 5.25. The highest BCUT2D eigenvalue weighted by molar-refractivity contribution is 5.93. The predicted octanol–water partition coefficient (Wildman–Crippen LogP) is 3.28. The number of fused-ring (bicyclic) bond motifs is 1. The molecule has 0 aromatic heterocycles. The van der Waals surface area contributed by atoms with Crippen LogP contribution in [0.4, 0.5) is 5.69 Å². The second kappa shape index (κ2) is 7.90. The first-order valence-corrected chi connectivity index (χ1v) is 9.23. The first-order chi connectivity index (χ1) is 13.8. The van der Waals surface area contributed by atoms with Gasteiger partial charge in [-0.1, -0.05) is 12.1 Å². The standard InChI is InChI=1S/C21H22N2O6/c1-5-28-21(25)19-13(3)22(4)18-10-9-14(11-16(18)19)29-20(24)15-7-6-8-17(12(15)2)23(26)27/h6-11,16,18H,5H2,1-4H3/t16-,18-/m1/s1. The average molecular weight is 398 g/mol. The van der Waals surface area contributed by atoms with Gasteiger partial charge in [-0.3, -0.25) is 10.1 Å². The maximum absolute atomic E-state index is 12.6. The molecule has 1 aliphatic heterocycles. The molecule has 0 saturated heterocycles. The second-order valence-electron chi connectivity index (χ2n) is 6.87. The van der Waals surface area contributed by atoms with Crippen LogP contribution < -0.4 is 0 Å². The zero-order valence-corrected chi connectivity index (χ0v) is 16.7. The number of nitro benzene ring substituents is 1. The largest absolute Gasteiger partial charge is 0.463 e. The lowest BCUT2D eigenvalue weighted by Gasteiger charge is -2.26. The van der Waals surface area contributed by atoms with Gasteiger partial charge in [0.1, 0.15) is 5.76 Å². The Hall–Kier alpha value is -3.42. The van der Waals surface area contributed by atoms with Crippen LogP contribution in [-0.4, -0.2) is 41.5 Å². The summed E-state index contributed by atoms with van der Waals surface area (Å²) in [4.78, 5) is 37.6. The molecule has 0 spiro atoms. The predicted molar refractivity (Wildman–Crippen MR) is 105 cm³/mol. The molecule has 1 aromatic rings. The van der Waals surface area contributed by atoms with Crippen LogP contribution in [-0.2, 0) is 14.3 Å². The van der Waals surface area contributed by atoms with Gasteiger partial charge in [0.2, 0.25) is 0 Å². The topological polar surface area (TPSA) is 99.0 Å². The zero-order valence-electron chi connectivity index (χ0n) is 16.7. The molecular weight excluding hydrogens is 376 g/mol. The SMILES string of the molecule is CCOC(=O)C1=C(C)N(C)[C@@H]2C=CC(OC(=O)c3cccc([N+](=O)[O-])c3C)=C[C@@H]12. The lowest BCUT2D eigenvalue weighted by atomic mass is 9.90. The van der Waals surface area contributed by atoms with Gasteiger partial charge in [0.25, 0.3) is 5.69 Å². The highest BCUT2D eigenvalue weighted by Crippen LogP contribution is 2.38. The number of carbonyl (C=O) groups excluding carboxylic acids is 2. The summed E-state index contributed by atoms with van der Waals surface area (Å²) in [6.45, 7) is 5.37. The minimum absolute atomic E-state index is 0.0728. The Labute approximate surface area is 168 Å². The normalized spacial score (nSPS) is 20.3. The van der Waals surface area contributed by atoms with E-state index in [2.05, 4.69) is 0 Å². The van der Waals surface area contributed by atoms with E-state index in [1.807, 2.05) is 24.9 Å². The van der Waals surface area contributed by atoms with Gasteiger partial charge in [-0.05, 0) is 39.0 Å². The van der Waals surface area contributed by atoms with Crippen LogP contribution in [0.15, 0.2) is 53.5 Å². The molecule has 2 aliphatic rings. The number of ether oxygens (including phenoxy) is 2. The first-order valence-electron chi connectivity index (χ1n) is 9.23. The van der Waals surface area contributed by atoms with Crippen molar-refractivity contribution in [2.75, 3.05) is 13.7 Å². The van der Waals surface area contributed by atoms with E-state index < -0.39 is 16.9 Å². The van der Waals surface area contributed by atoms with Crippen LogP contribution in [0.5, 0.6) is 0 Å². The number of likely N-dealkylation sites (N-methyl/N-ethyl adjacent to an activating group) is 1. The Morgan fingerprint density at radius 2 is 1.97 bits per heavy atom. The molecule has 8 nitrogen and oxygen atoms in total. The molecule has 0 fully saturated rings. The summed E-state index contributed by atoms with van der Waals surface area (Å²) in [5.41, 5.74) is 1.55. The van der Waals surface area contributed by atoms with Crippen molar-refractivity contribution in [1.29, 1.82) is 0 Å². The van der Waals surface area contributed by atoms with Crippen molar-refractivity contribution in [2.24, 2.45) is 5.92 Å². The molecule has 0 N–H and O–H groups in total. The molecule has 1 heterocycles. The van der Waals surface area contributed by atoms with Crippen LogP contribution in [0.25, 0.3) is 0 Å². The first kappa shape index (κ1) is 20.3. The van der Waals surface area contributed by atoms with Crippen molar-refractivity contribution < 1.29 is 24.0 Å². The maximum atomic E-state index is 12.6. The van der Waals surface area contributed by atoms with Gasteiger partial charge in [-0.2, -0.15) is 0 Å². The fourth-order valence-electron chi connectivity index (χ4n) is 3.69. The van der Waals surface area contributed by atoms with Gasteiger partial charge in [0, 0.05) is 30.3 Å². The van der Waals surface area contributed by atoms with E-state index in [9.17, 15) is 19.7 Å². The lowest BCUT2D eigenvalue weighted by Crippen LogP contribution is -2.30. The molecule has 0 unspecified atom stereocenters. The summed E-state index contributed by atoms with van der Waals surface area (Å²) in [7, 11) is 1.89. The number of benzene rings is 1. The third-order valence-corrected chi connectivity index (χ3v) is 5.30. The molecule has 1 aromatic carbocycles. The number of hydrogen-bond donors (Lipinski definition) is 0. The summed E-state index contributed by atoms with van der Waals surface area (Å²) in [6, 6.07) is 4.19. The Kier molecular flexibility index (Phi) is 5.54. The third-order valence-electron chi connectivity index (χ3n) is 5.30. The summed E-state index contributed by atoms with van der Waals surface area (Å²) >= 11 is 0. The van der Waals surface area contributed by atoms with Crippen molar-refractivity contribution in [3.05, 3.63) is 74.7 Å². The Morgan fingerprint density at radius 1 is 1.24 bits per heavy atom. The van der Waals surface area contributed by atoms with Crippen molar-refractivity contribution in [1.82, 2.24) is 4.90 Å². The van der Waals surface area contributed by atoms with E-state index in [0.29, 0.717) is 5.57 Å². The molecule has 0 saturated carbocycles. The number of rotatable bonds is 5. The minimum atomic E-state index is -0.690. The fourth-order valence-corrected chi connectivity index (χ4v) is 3.69. The van der Waals surface area contributed by atoms with Crippen LogP contribution in [0.1, 0.15) is 29.8 Å². The molecule has 0 amide bonds. The Bertz CT molecular complexity index is 975. The number of carbonyl (C=O) groups is 2. The van der Waals surface area contributed by atoms with E-state index in [0.717, 1.165) is 5.70 Å². The summed E-state index contributed by atoms with van der Waals surface area (Å²) in [5, 5.41) is 11.1. The molecule has 2 atom stereocenters. The van der Waals surface area contributed by atoms with Gasteiger partial charge >= 0.3 is 11.9 Å². The number of allylic oxidation sites excluding steroid dienone is 2. The fraction of sp³-hybridized carbons (Fsp3) is 0.333. The maximum Gasteiger partial charge on any atom is 0.344 e. The van der Waals surface area contributed by atoms with Gasteiger partial charge in [0.15, 0.2) is 0 Å². The van der Waals surface area contributed by atoms with Crippen molar-refractivity contribution in [3.63, 3.8) is 0 Å². The van der Waals surface area contributed by atoms with Gasteiger partial charge in [-0.25, -0.2) is 9.59 Å². The summed E-state index contributed by atoms with van der Waals surface area (Å²) in [5.74, 6) is -1.11. The van der Waals surface area contributed by atoms with Crippen molar-refractivity contribution in [2.45, 2.75) is 26.8 Å². The van der Waals surface area contributed by atoms with E-state index >= 15 is 0 Å². The van der Waals surface area contributed by atoms with Gasteiger partial charge in [-0.15, -0.1) is 0 Å². The number of hydrogen-bond acceptors (Lipinski definition) is 7. The van der Waals surface area contributed by atoms with Crippen LogP contribution in [0, 0.1) is 23.0 Å². The monoisotopic (exact) mass is 398 g/mol.